The van der Waals surface area contributed by atoms with E-state index < -0.39 is 0 Å². The highest BCUT2D eigenvalue weighted by Crippen LogP contribution is 2.31. The molecule has 232 valence electrons. The highest BCUT2D eigenvalue weighted by molar-refractivity contribution is 6.05. The Bertz CT molecular complexity index is 1790. The molecule has 0 saturated carbocycles. The zero-order valence-corrected chi connectivity index (χ0v) is 26.2. The van der Waals surface area contributed by atoms with Gasteiger partial charge in [-0.15, -0.1) is 0 Å². The maximum atomic E-state index is 13.3. The number of carbonyl (C=O) groups is 2. The SMILES string of the molecule is C=CC(=O)Nc1cc(Cc2cc(-c3cccc(NC(=O)c4ccc(N(C)C)cc4)c3C)cn(C)c2=O)ccc1N1CCOCC1. The van der Waals surface area contributed by atoms with Crippen LogP contribution in [-0.2, 0) is 23.0 Å². The topological polar surface area (TPSA) is 95.9 Å². The van der Waals surface area contributed by atoms with E-state index in [1.165, 1.54) is 6.08 Å². The molecule has 5 rings (SSSR count). The van der Waals surface area contributed by atoms with Crippen molar-refractivity contribution in [1.82, 2.24) is 4.57 Å². The molecule has 2 N–H and O–H groups in total. The smallest absolute Gasteiger partial charge is 0.255 e. The number of hydrogen-bond acceptors (Lipinski definition) is 6. The van der Waals surface area contributed by atoms with Crippen LogP contribution in [0.3, 0.4) is 0 Å². The van der Waals surface area contributed by atoms with E-state index in [4.69, 9.17) is 4.74 Å². The highest BCUT2D eigenvalue weighted by atomic mass is 16.5. The number of morpholine rings is 1. The van der Waals surface area contributed by atoms with Crippen LogP contribution in [0.2, 0.25) is 0 Å². The van der Waals surface area contributed by atoms with Gasteiger partial charge in [-0.05, 0) is 83.8 Å². The van der Waals surface area contributed by atoms with E-state index in [0.29, 0.717) is 42.1 Å². The second kappa shape index (κ2) is 13.7. The van der Waals surface area contributed by atoms with Crippen LogP contribution in [0, 0.1) is 6.92 Å². The van der Waals surface area contributed by atoms with Gasteiger partial charge in [0.1, 0.15) is 0 Å². The van der Waals surface area contributed by atoms with E-state index in [2.05, 4.69) is 22.1 Å². The third-order valence-electron chi connectivity index (χ3n) is 8.05. The van der Waals surface area contributed by atoms with Gasteiger partial charge in [-0.1, -0.05) is 24.8 Å². The lowest BCUT2D eigenvalue weighted by Crippen LogP contribution is -2.36. The van der Waals surface area contributed by atoms with Gasteiger partial charge in [0, 0.05) is 69.4 Å². The summed E-state index contributed by atoms with van der Waals surface area (Å²) in [5.74, 6) is -0.492. The van der Waals surface area contributed by atoms with Crippen LogP contribution in [-0.4, -0.2) is 56.8 Å². The van der Waals surface area contributed by atoms with E-state index in [1.54, 1.807) is 11.6 Å². The molecule has 0 bridgehead atoms. The first-order valence-corrected chi connectivity index (χ1v) is 14.9. The van der Waals surface area contributed by atoms with E-state index in [-0.39, 0.29) is 17.4 Å². The average Bonchev–Trinajstić information content (AvgIpc) is 3.04. The van der Waals surface area contributed by atoms with Crippen LogP contribution in [0.4, 0.5) is 22.7 Å². The van der Waals surface area contributed by atoms with E-state index >= 15 is 0 Å². The molecule has 0 spiro atoms. The number of aryl methyl sites for hydroxylation is 1. The number of anilines is 4. The quantitative estimate of drug-likeness (QED) is 0.254. The molecule has 1 aliphatic rings. The zero-order valence-electron chi connectivity index (χ0n) is 26.2. The minimum atomic E-state index is -0.299. The maximum absolute atomic E-state index is 13.3. The normalized spacial score (nSPS) is 12.8. The second-order valence-corrected chi connectivity index (χ2v) is 11.4. The second-order valence-electron chi connectivity index (χ2n) is 11.4. The number of amides is 2. The predicted molar refractivity (Wildman–Crippen MR) is 182 cm³/mol. The lowest BCUT2D eigenvalue weighted by Gasteiger charge is -2.30. The van der Waals surface area contributed by atoms with Crippen molar-refractivity contribution >= 4 is 34.6 Å². The molecule has 0 atom stereocenters. The van der Waals surface area contributed by atoms with Gasteiger partial charge in [0.15, 0.2) is 0 Å². The molecule has 1 fully saturated rings. The van der Waals surface area contributed by atoms with Crippen LogP contribution < -0.4 is 26.0 Å². The summed E-state index contributed by atoms with van der Waals surface area (Å²) >= 11 is 0. The Morgan fingerprint density at radius 3 is 2.40 bits per heavy atom. The number of pyridine rings is 1. The van der Waals surface area contributed by atoms with Crippen molar-refractivity contribution in [2.45, 2.75) is 13.3 Å². The van der Waals surface area contributed by atoms with Gasteiger partial charge in [-0.3, -0.25) is 14.4 Å². The van der Waals surface area contributed by atoms with Crippen LogP contribution in [0.1, 0.15) is 27.0 Å². The first-order valence-electron chi connectivity index (χ1n) is 14.9. The van der Waals surface area contributed by atoms with Crippen molar-refractivity contribution in [2.75, 3.05) is 60.8 Å². The Morgan fingerprint density at radius 1 is 0.978 bits per heavy atom. The molecule has 9 heteroatoms. The predicted octanol–water partition coefficient (Wildman–Crippen LogP) is 5.23. The van der Waals surface area contributed by atoms with Crippen molar-refractivity contribution in [1.29, 1.82) is 0 Å². The monoisotopic (exact) mass is 605 g/mol. The molecule has 0 radical (unpaired) electrons. The Kier molecular flexibility index (Phi) is 9.49. The number of aromatic nitrogens is 1. The Hall–Kier alpha value is -5.15. The number of carbonyl (C=O) groups excluding carboxylic acids is 2. The lowest BCUT2D eigenvalue weighted by atomic mass is 9.97. The molecule has 45 heavy (non-hydrogen) atoms. The molecule has 2 heterocycles. The van der Waals surface area contributed by atoms with Crippen LogP contribution >= 0.6 is 0 Å². The molecular weight excluding hydrogens is 566 g/mol. The standard InChI is InChI=1S/C36H39N5O4/c1-6-34(42)37-32-21-25(10-15-33(32)41-16-18-45-19-17-41)20-27-22-28(23-40(5)36(27)44)30-8-7-9-31(24(30)2)38-35(43)26-11-13-29(14-12-26)39(3)4/h6-15,21-23H,1,16-20H2,2-5H3,(H,37,42)(H,38,43). The maximum Gasteiger partial charge on any atom is 0.255 e. The number of ether oxygens (including phenoxy) is 1. The lowest BCUT2D eigenvalue weighted by molar-refractivity contribution is -0.111. The fourth-order valence-electron chi connectivity index (χ4n) is 5.52. The van der Waals surface area contributed by atoms with E-state index in [9.17, 15) is 14.4 Å². The molecule has 2 amide bonds. The summed E-state index contributed by atoms with van der Waals surface area (Å²) in [4.78, 5) is 42.8. The summed E-state index contributed by atoms with van der Waals surface area (Å²) in [6.07, 6.45) is 3.44. The summed E-state index contributed by atoms with van der Waals surface area (Å²) < 4.78 is 7.09. The first kappa shape index (κ1) is 31.3. The molecule has 3 aromatic carbocycles. The van der Waals surface area contributed by atoms with Crippen LogP contribution in [0.15, 0.2) is 90.4 Å². The molecular formula is C36H39N5O4. The number of hydrogen-bond donors (Lipinski definition) is 2. The van der Waals surface area contributed by atoms with Crippen molar-refractivity contribution in [3.05, 3.63) is 118 Å². The van der Waals surface area contributed by atoms with Crippen molar-refractivity contribution < 1.29 is 14.3 Å². The summed E-state index contributed by atoms with van der Waals surface area (Å²) in [5, 5.41) is 5.99. The fraction of sp³-hybridized carbons (Fsp3) is 0.250. The summed E-state index contributed by atoms with van der Waals surface area (Å²) in [5.41, 5.74) is 7.93. The van der Waals surface area contributed by atoms with Gasteiger partial charge in [0.2, 0.25) is 5.91 Å². The summed E-state index contributed by atoms with van der Waals surface area (Å²) in [7, 11) is 5.65. The van der Waals surface area contributed by atoms with Crippen molar-refractivity contribution in [3.63, 3.8) is 0 Å². The number of benzene rings is 3. The molecule has 1 aromatic heterocycles. The summed E-state index contributed by atoms with van der Waals surface area (Å²) in [6.45, 7) is 8.23. The van der Waals surface area contributed by atoms with Crippen molar-refractivity contribution in [2.24, 2.45) is 7.05 Å². The Balaban J connectivity index is 1.43. The van der Waals surface area contributed by atoms with Gasteiger partial charge in [0.05, 0.1) is 24.6 Å². The summed E-state index contributed by atoms with van der Waals surface area (Å²) in [6, 6.07) is 21.0. The van der Waals surface area contributed by atoms with Crippen LogP contribution in [0.5, 0.6) is 0 Å². The first-order chi connectivity index (χ1) is 21.6. The number of nitrogens with zero attached hydrogens (tertiary/aromatic N) is 3. The Labute approximate surface area is 263 Å². The van der Waals surface area contributed by atoms with Gasteiger partial charge < -0.3 is 29.7 Å². The molecule has 9 nitrogen and oxygen atoms in total. The van der Waals surface area contributed by atoms with Gasteiger partial charge in [-0.2, -0.15) is 0 Å². The molecule has 1 saturated heterocycles. The number of nitrogens with one attached hydrogen (secondary N) is 2. The molecule has 0 aliphatic carbocycles. The fourth-order valence-corrected chi connectivity index (χ4v) is 5.52. The minimum Gasteiger partial charge on any atom is -0.378 e. The third-order valence-corrected chi connectivity index (χ3v) is 8.05. The average molecular weight is 606 g/mol. The third kappa shape index (κ3) is 7.16. The van der Waals surface area contributed by atoms with Gasteiger partial charge in [-0.25, -0.2) is 0 Å². The van der Waals surface area contributed by atoms with Crippen LogP contribution in [0.25, 0.3) is 11.1 Å². The highest BCUT2D eigenvalue weighted by Gasteiger charge is 2.18. The number of rotatable bonds is 9. The van der Waals surface area contributed by atoms with E-state index in [1.807, 2.05) is 98.8 Å². The Morgan fingerprint density at radius 2 is 1.71 bits per heavy atom. The van der Waals surface area contributed by atoms with Gasteiger partial charge in [0.25, 0.3) is 11.5 Å². The largest absolute Gasteiger partial charge is 0.378 e. The minimum absolute atomic E-state index is 0.101. The molecule has 1 aliphatic heterocycles. The zero-order chi connectivity index (χ0) is 32.1. The molecule has 4 aromatic rings. The molecule has 0 unspecified atom stereocenters. The van der Waals surface area contributed by atoms with E-state index in [0.717, 1.165) is 46.7 Å². The van der Waals surface area contributed by atoms with Crippen molar-refractivity contribution in [3.8, 4) is 11.1 Å². The van der Waals surface area contributed by atoms with Gasteiger partial charge >= 0.3 is 0 Å².